The van der Waals surface area contributed by atoms with Crippen LogP contribution in [0.1, 0.15) is 43.0 Å². The van der Waals surface area contributed by atoms with Crippen LogP contribution in [0.4, 0.5) is 0 Å². The Balaban J connectivity index is 0.00000145. The number of ether oxygens (including phenoxy) is 2. The van der Waals surface area contributed by atoms with Crippen LogP contribution in [0.2, 0.25) is 0 Å². The number of hydrogen-bond acceptors (Lipinski definition) is 2. The van der Waals surface area contributed by atoms with E-state index < -0.39 is 0 Å². The van der Waals surface area contributed by atoms with Gasteiger partial charge in [0.1, 0.15) is 11.5 Å². The minimum atomic E-state index is 0.867. The van der Waals surface area contributed by atoms with Crippen molar-refractivity contribution in [3.63, 3.8) is 0 Å². The molecule has 0 atom stereocenters. The third-order valence-electron chi connectivity index (χ3n) is 4.90. The van der Waals surface area contributed by atoms with Crippen molar-refractivity contribution in [3.05, 3.63) is 82.9 Å². The van der Waals surface area contributed by atoms with Gasteiger partial charge in [0.2, 0.25) is 0 Å². The Morgan fingerprint density at radius 2 is 1.41 bits per heavy atom. The highest BCUT2D eigenvalue weighted by Crippen LogP contribution is 2.32. The number of hydrogen-bond donors (Lipinski definition) is 0. The van der Waals surface area contributed by atoms with Crippen LogP contribution in [-0.2, 0) is 6.42 Å². The molecule has 0 unspecified atom stereocenters. The molecular weight excluding hydrogens is 356 g/mol. The van der Waals surface area contributed by atoms with Gasteiger partial charge in [-0.3, -0.25) is 0 Å². The molecule has 0 saturated heterocycles. The minimum absolute atomic E-state index is 0.867. The molecule has 2 heteroatoms. The van der Waals surface area contributed by atoms with Gasteiger partial charge >= 0.3 is 0 Å². The Morgan fingerprint density at radius 1 is 0.793 bits per heavy atom. The van der Waals surface area contributed by atoms with E-state index in [0.29, 0.717) is 0 Å². The van der Waals surface area contributed by atoms with Crippen molar-refractivity contribution in [2.24, 2.45) is 0 Å². The van der Waals surface area contributed by atoms with Crippen LogP contribution in [0.3, 0.4) is 0 Å². The highest BCUT2D eigenvalue weighted by atomic mass is 16.5. The van der Waals surface area contributed by atoms with Gasteiger partial charge in [-0.1, -0.05) is 81.5 Å². The summed E-state index contributed by atoms with van der Waals surface area (Å²) in [7, 11) is 3.41. The van der Waals surface area contributed by atoms with Crippen LogP contribution in [0, 0.1) is 6.92 Å². The third kappa shape index (κ3) is 5.29. The highest BCUT2D eigenvalue weighted by Gasteiger charge is 2.10. The van der Waals surface area contributed by atoms with Gasteiger partial charge in [-0.15, -0.1) is 0 Å². The zero-order valence-electron chi connectivity index (χ0n) is 18.5. The van der Waals surface area contributed by atoms with Crippen LogP contribution in [0.25, 0.3) is 23.3 Å². The first-order chi connectivity index (χ1) is 14.2. The standard InChI is InChI=1S/C25H26O2.C2H6/c1-5-22-24(26-3)16-19(17-25(22)27-4)14-15-20-12-9-13-23(18(20)2)21-10-7-6-8-11-21;1-2/h6-17H,5H2,1-4H3;1-2H3/b15-14+;. The molecule has 0 saturated carbocycles. The normalized spacial score (nSPS) is 10.4. The van der Waals surface area contributed by atoms with E-state index in [1.165, 1.54) is 22.3 Å². The summed E-state index contributed by atoms with van der Waals surface area (Å²) in [5.41, 5.74) is 7.12. The van der Waals surface area contributed by atoms with Gasteiger partial charge in [0.05, 0.1) is 14.2 Å². The van der Waals surface area contributed by atoms with Crippen molar-refractivity contribution in [1.29, 1.82) is 0 Å². The van der Waals surface area contributed by atoms with Crippen LogP contribution in [0.15, 0.2) is 60.7 Å². The van der Waals surface area contributed by atoms with Gasteiger partial charge in [0, 0.05) is 5.56 Å². The molecule has 0 N–H and O–H groups in total. The molecule has 0 aliphatic rings. The van der Waals surface area contributed by atoms with Crippen LogP contribution < -0.4 is 9.47 Å². The second kappa shape index (κ2) is 11.1. The van der Waals surface area contributed by atoms with Crippen LogP contribution in [-0.4, -0.2) is 14.2 Å². The van der Waals surface area contributed by atoms with E-state index in [4.69, 9.17) is 9.47 Å². The lowest BCUT2D eigenvalue weighted by Crippen LogP contribution is -1.96. The summed E-state index contributed by atoms with van der Waals surface area (Å²) in [5.74, 6) is 1.73. The molecule has 0 aliphatic carbocycles. The van der Waals surface area contributed by atoms with Gasteiger partial charge in [0.15, 0.2) is 0 Å². The van der Waals surface area contributed by atoms with Crippen LogP contribution in [0.5, 0.6) is 11.5 Å². The fraction of sp³-hybridized carbons (Fsp3) is 0.259. The lowest BCUT2D eigenvalue weighted by atomic mass is 9.96. The summed E-state index contributed by atoms with van der Waals surface area (Å²) in [6.45, 7) is 8.28. The first kappa shape index (κ1) is 22.3. The van der Waals surface area contributed by atoms with Gasteiger partial charge in [-0.2, -0.15) is 0 Å². The number of benzene rings is 3. The molecule has 0 aliphatic heterocycles. The first-order valence-corrected chi connectivity index (χ1v) is 10.3. The monoisotopic (exact) mass is 388 g/mol. The van der Waals surface area contributed by atoms with Crippen molar-refractivity contribution in [3.8, 4) is 22.6 Å². The van der Waals surface area contributed by atoms with Gasteiger partial charge in [-0.05, 0) is 53.3 Å². The van der Waals surface area contributed by atoms with Crippen molar-refractivity contribution in [2.45, 2.75) is 34.1 Å². The molecule has 152 valence electrons. The Labute approximate surface area is 175 Å². The molecule has 0 aromatic heterocycles. The van der Waals surface area contributed by atoms with Crippen molar-refractivity contribution < 1.29 is 9.47 Å². The molecule has 0 spiro atoms. The molecule has 3 rings (SSSR count). The molecule has 29 heavy (non-hydrogen) atoms. The molecule has 3 aromatic carbocycles. The maximum absolute atomic E-state index is 5.56. The Bertz CT molecular complexity index is 915. The molecule has 3 aromatic rings. The third-order valence-corrected chi connectivity index (χ3v) is 4.90. The minimum Gasteiger partial charge on any atom is -0.496 e. The molecule has 0 fully saturated rings. The number of methoxy groups -OCH3 is 2. The summed E-state index contributed by atoms with van der Waals surface area (Å²) >= 11 is 0. The first-order valence-electron chi connectivity index (χ1n) is 10.3. The van der Waals surface area contributed by atoms with E-state index in [1.807, 2.05) is 19.9 Å². The summed E-state index contributed by atoms with van der Waals surface area (Å²) in [6, 6.07) is 21.0. The summed E-state index contributed by atoms with van der Waals surface area (Å²) in [4.78, 5) is 0. The van der Waals surface area contributed by atoms with Gasteiger partial charge in [0.25, 0.3) is 0 Å². The van der Waals surface area contributed by atoms with Crippen molar-refractivity contribution in [2.75, 3.05) is 14.2 Å². The number of rotatable bonds is 6. The molecule has 2 nitrogen and oxygen atoms in total. The average Bonchev–Trinajstić information content (AvgIpc) is 2.79. The SMILES string of the molecule is CC.CCc1c(OC)cc(/C=C/c2cccc(-c3ccccc3)c2C)cc1OC. The summed E-state index contributed by atoms with van der Waals surface area (Å²) < 4.78 is 11.1. The van der Waals surface area contributed by atoms with Crippen molar-refractivity contribution in [1.82, 2.24) is 0 Å². The lowest BCUT2D eigenvalue weighted by Gasteiger charge is -2.13. The van der Waals surface area contributed by atoms with Crippen molar-refractivity contribution >= 4 is 12.2 Å². The zero-order chi connectivity index (χ0) is 21.2. The maximum Gasteiger partial charge on any atom is 0.126 e. The smallest absolute Gasteiger partial charge is 0.126 e. The van der Waals surface area contributed by atoms with E-state index >= 15 is 0 Å². The molecule has 0 bridgehead atoms. The highest BCUT2D eigenvalue weighted by molar-refractivity contribution is 5.78. The fourth-order valence-corrected chi connectivity index (χ4v) is 3.40. The predicted octanol–water partition coefficient (Wildman–Crippen LogP) is 7.44. The van der Waals surface area contributed by atoms with E-state index in [0.717, 1.165) is 29.0 Å². The molecule has 0 radical (unpaired) electrons. The van der Waals surface area contributed by atoms with Crippen LogP contribution >= 0.6 is 0 Å². The zero-order valence-corrected chi connectivity index (χ0v) is 18.5. The molecule has 0 amide bonds. The fourth-order valence-electron chi connectivity index (χ4n) is 3.40. The Morgan fingerprint density at radius 3 is 1.97 bits per heavy atom. The largest absolute Gasteiger partial charge is 0.496 e. The topological polar surface area (TPSA) is 18.5 Å². The quantitative estimate of drug-likeness (QED) is 0.409. The van der Waals surface area contributed by atoms with E-state index in [9.17, 15) is 0 Å². The second-order valence-corrected chi connectivity index (χ2v) is 6.48. The lowest BCUT2D eigenvalue weighted by molar-refractivity contribution is 0.386. The van der Waals surface area contributed by atoms with E-state index in [1.54, 1.807) is 14.2 Å². The Hall–Kier alpha value is -3.00. The van der Waals surface area contributed by atoms with E-state index in [2.05, 4.69) is 80.6 Å². The second-order valence-electron chi connectivity index (χ2n) is 6.48. The summed E-state index contributed by atoms with van der Waals surface area (Å²) in [5, 5.41) is 0. The molecule has 0 heterocycles. The average molecular weight is 389 g/mol. The van der Waals surface area contributed by atoms with Gasteiger partial charge < -0.3 is 9.47 Å². The molecular formula is C27H32O2. The summed E-state index contributed by atoms with van der Waals surface area (Å²) in [6.07, 6.45) is 5.14. The van der Waals surface area contributed by atoms with Gasteiger partial charge in [-0.25, -0.2) is 0 Å². The Kier molecular flexibility index (Phi) is 8.54. The predicted molar refractivity (Wildman–Crippen MR) is 126 cm³/mol. The maximum atomic E-state index is 5.56. The van der Waals surface area contributed by atoms with E-state index in [-0.39, 0.29) is 0 Å².